The smallest absolute Gasteiger partial charge is 0.324 e. The van der Waals surface area contributed by atoms with Crippen LogP contribution in [0.15, 0.2) is 0 Å². The number of carbonyl (C=O) groups is 2. The van der Waals surface area contributed by atoms with Crippen LogP contribution in [0.2, 0.25) is 0 Å². The molecule has 0 atom stereocenters. The van der Waals surface area contributed by atoms with Crippen molar-refractivity contribution in [3.05, 3.63) is 0 Å². The lowest BCUT2D eigenvalue weighted by molar-refractivity contribution is -0.777. The molecule has 0 saturated carbocycles. The lowest BCUT2D eigenvalue weighted by Gasteiger charge is -2.19. The Hall–Kier alpha value is -0.640. The molecule has 0 bridgehead atoms. The number of hydrogen-bond donors (Lipinski definition) is 1. The van der Waals surface area contributed by atoms with Crippen molar-refractivity contribution in [2.24, 2.45) is 0 Å². The zero-order valence-corrected chi connectivity index (χ0v) is 17.4. The standard InChI is InChI=1S/C6H12O5S.C5H10O5S.C2H6O.4CH4/c1-4-9-5(7)6(2,3)12-11-10-8;1-5(2,4(6)8-3)11-10-9-7;1-2-3;;;;/h8H,4H2,1-3H3;7H,1-3H3;3H,2H2,1H3;4*1H4/p-2. The summed E-state index contributed by atoms with van der Waals surface area (Å²) in [4.78, 5) is 21.9. The van der Waals surface area contributed by atoms with E-state index in [1.807, 2.05) is 0 Å². The molecule has 0 aromatic rings. The first kappa shape index (κ1) is 47.2. The van der Waals surface area contributed by atoms with Gasteiger partial charge in [-0.15, -0.1) is 0 Å². The molecule has 0 aromatic carbocycles. The van der Waals surface area contributed by atoms with Crippen LogP contribution in [0.4, 0.5) is 0 Å². The highest BCUT2D eigenvalue weighted by Crippen LogP contribution is 2.26. The van der Waals surface area contributed by atoms with Crippen LogP contribution in [0.3, 0.4) is 0 Å². The first-order valence-corrected chi connectivity index (χ1v) is 8.64. The molecule has 0 amide bonds. The maximum absolute atomic E-state index is 11.1. The van der Waals surface area contributed by atoms with Gasteiger partial charge in [0.1, 0.15) is 9.49 Å². The van der Waals surface area contributed by atoms with Gasteiger partial charge < -0.3 is 25.1 Å². The molecule has 13 heteroatoms. The van der Waals surface area contributed by atoms with Crippen molar-refractivity contribution in [3.63, 3.8) is 0 Å². The molecule has 0 aliphatic carbocycles. The van der Waals surface area contributed by atoms with Crippen molar-refractivity contribution in [1.82, 2.24) is 0 Å². The molecule has 0 radical (unpaired) electrons. The lowest BCUT2D eigenvalue weighted by atomic mass is 10.2. The largest absolute Gasteiger partial charge is 0.691 e. The van der Waals surface area contributed by atoms with Crippen molar-refractivity contribution >= 4 is 36.0 Å². The molecule has 0 aromatic heterocycles. The van der Waals surface area contributed by atoms with Crippen molar-refractivity contribution in [1.29, 1.82) is 0 Å². The Morgan fingerprint density at radius 1 is 0.833 bits per heavy atom. The molecule has 190 valence electrons. The Morgan fingerprint density at radius 2 is 1.13 bits per heavy atom. The van der Waals surface area contributed by atoms with Crippen molar-refractivity contribution in [3.8, 4) is 0 Å². The summed E-state index contributed by atoms with van der Waals surface area (Å²) in [5.41, 5.74) is 0. The predicted molar refractivity (Wildman–Crippen MR) is 116 cm³/mol. The van der Waals surface area contributed by atoms with E-state index in [2.05, 4.69) is 23.5 Å². The molecule has 0 fully saturated rings. The Kier molecular flexibility index (Phi) is 44.6. The van der Waals surface area contributed by atoms with E-state index in [0.717, 1.165) is 0 Å². The minimum absolute atomic E-state index is 0. The summed E-state index contributed by atoms with van der Waals surface area (Å²) in [6.07, 6.45) is 0. The van der Waals surface area contributed by atoms with Crippen LogP contribution in [0.1, 0.15) is 71.2 Å². The van der Waals surface area contributed by atoms with Crippen molar-refractivity contribution < 1.29 is 53.4 Å². The van der Waals surface area contributed by atoms with Gasteiger partial charge in [-0.2, -0.15) is 8.67 Å². The molecule has 0 rings (SSSR count). The molecule has 0 aliphatic rings. The van der Waals surface area contributed by atoms with Crippen molar-refractivity contribution in [2.75, 3.05) is 20.3 Å². The number of carbonyl (C=O) groups excluding carboxylic acids is 2. The average molecular weight is 487 g/mol. The first-order chi connectivity index (χ1) is 12.0. The number of aliphatic hydroxyl groups is 1. The highest BCUT2D eigenvalue weighted by atomic mass is 32.2. The van der Waals surface area contributed by atoms with Gasteiger partial charge in [0.2, 0.25) is 0 Å². The summed E-state index contributed by atoms with van der Waals surface area (Å²) >= 11 is 1.22. The maximum atomic E-state index is 11.1. The van der Waals surface area contributed by atoms with Gasteiger partial charge in [0.15, 0.2) is 0 Å². The minimum Gasteiger partial charge on any atom is -0.691 e. The molecule has 0 aliphatic heterocycles. The molecule has 0 saturated heterocycles. The van der Waals surface area contributed by atoms with E-state index >= 15 is 0 Å². The van der Waals surface area contributed by atoms with Gasteiger partial charge in [0.05, 0.1) is 13.7 Å². The fraction of sp³-hybridized carbons (Fsp3) is 0.882. The van der Waals surface area contributed by atoms with E-state index in [1.54, 1.807) is 41.5 Å². The fourth-order valence-corrected chi connectivity index (χ4v) is 1.49. The molecule has 0 unspecified atom stereocenters. The number of hydrogen-bond acceptors (Lipinski definition) is 13. The van der Waals surface area contributed by atoms with Gasteiger partial charge in [0, 0.05) is 30.7 Å². The third-order valence-corrected chi connectivity index (χ3v) is 3.40. The number of methoxy groups -OCH3 is 1. The van der Waals surface area contributed by atoms with E-state index < -0.39 is 21.4 Å². The van der Waals surface area contributed by atoms with Crippen LogP contribution in [0, 0.1) is 0 Å². The highest BCUT2D eigenvalue weighted by molar-refractivity contribution is 7.96. The van der Waals surface area contributed by atoms with Crippen LogP contribution in [0.25, 0.3) is 0 Å². The molecule has 30 heavy (non-hydrogen) atoms. The zero-order chi connectivity index (χ0) is 21.2. The van der Waals surface area contributed by atoms with E-state index in [0.29, 0.717) is 30.7 Å². The summed E-state index contributed by atoms with van der Waals surface area (Å²) in [5.74, 6) is -0.938. The normalized spacial score (nSPS) is 9.27. The Labute approximate surface area is 190 Å². The first-order valence-electron chi connectivity index (χ1n) is 7.15. The van der Waals surface area contributed by atoms with Crippen LogP contribution in [-0.4, -0.2) is 46.9 Å². The summed E-state index contributed by atoms with van der Waals surface area (Å²) in [7, 11) is 1.25. The Balaban J connectivity index is -0.0000000557. The predicted octanol–water partition coefficient (Wildman–Crippen LogP) is 2.55. The van der Waals surface area contributed by atoms with Gasteiger partial charge in [0.25, 0.3) is 0 Å². The molecule has 0 spiro atoms. The maximum Gasteiger partial charge on any atom is 0.324 e. The molecule has 1 N–H and O–H groups in total. The van der Waals surface area contributed by atoms with E-state index in [9.17, 15) is 20.1 Å². The highest BCUT2D eigenvalue weighted by Gasteiger charge is 2.32. The van der Waals surface area contributed by atoms with E-state index in [-0.39, 0.29) is 36.3 Å². The number of rotatable bonds is 9. The summed E-state index contributed by atoms with van der Waals surface area (Å²) in [6, 6.07) is 0. The van der Waals surface area contributed by atoms with Crippen LogP contribution in [-0.2, 0) is 37.8 Å². The number of ether oxygens (including phenoxy) is 2. The van der Waals surface area contributed by atoms with Crippen LogP contribution in [0.5, 0.6) is 0 Å². The molecule has 11 nitrogen and oxygen atoms in total. The molecular weight excluding hydrogens is 444 g/mol. The third kappa shape index (κ3) is 27.4. The SMILES string of the molecule is C.C.C.C.CCO.CCOC(=O)C(C)(C)SOO[O-].COC(=O)C(C)(C)SOO[O-]. The van der Waals surface area contributed by atoms with Gasteiger partial charge in [-0.05, 0) is 41.5 Å². The Bertz CT molecular complexity index is 368. The minimum atomic E-state index is -0.931. The number of aliphatic hydroxyl groups excluding tert-OH is 1. The second-order valence-electron chi connectivity index (χ2n) is 4.99. The monoisotopic (exact) mass is 486 g/mol. The van der Waals surface area contributed by atoms with Gasteiger partial charge >= 0.3 is 11.9 Å². The lowest BCUT2D eigenvalue weighted by Crippen LogP contribution is -2.30. The van der Waals surface area contributed by atoms with Crippen LogP contribution < -0.4 is 10.5 Å². The zero-order valence-electron chi connectivity index (χ0n) is 15.8. The quantitative estimate of drug-likeness (QED) is 0.220. The summed E-state index contributed by atoms with van der Waals surface area (Å²) in [5, 5.41) is 32.6. The van der Waals surface area contributed by atoms with Gasteiger partial charge in [-0.25, -0.2) is 0 Å². The van der Waals surface area contributed by atoms with Crippen LogP contribution >= 0.6 is 24.1 Å². The topological polar surface area (TPSA) is 156 Å². The third-order valence-electron chi connectivity index (χ3n) is 1.98. The van der Waals surface area contributed by atoms with Crippen molar-refractivity contribution in [2.45, 2.75) is 80.7 Å². The Morgan fingerprint density at radius 3 is 1.37 bits per heavy atom. The molecule has 0 heterocycles. The second-order valence-corrected chi connectivity index (χ2v) is 7.63. The second kappa shape index (κ2) is 28.4. The van der Waals surface area contributed by atoms with Gasteiger partial charge in [-0.1, -0.05) is 29.7 Å². The molecular formula is C17H42O11S2-2. The summed E-state index contributed by atoms with van der Waals surface area (Å²) < 4.78 is 15.3. The van der Waals surface area contributed by atoms with E-state index in [4.69, 9.17) is 9.84 Å². The fourth-order valence-electron chi connectivity index (χ4n) is 0.817. The average Bonchev–Trinajstić information content (AvgIpc) is 2.59. The van der Waals surface area contributed by atoms with Gasteiger partial charge in [-0.3, -0.25) is 19.7 Å². The van der Waals surface area contributed by atoms with E-state index in [1.165, 1.54) is 7.11 Å². The summed E-state index contributed by atoms with van der Waals surface area (Å²) in [6.45, 7) is 10.1. The number of esters is 2.